The van der Waals surface area contributed by atoms with Crippen molar-refractivity contribution >= 4 is 0 Å². The molecule has 0 fully saturated rings. The van der Waals surface area contributed by atoms with Gasteiger partial charge in [0.05, 0.1) is 25.3 Å². The van der Waals surface area contributed by atoms with Crippen LogP contribution in [0.25, 0.3) is 0 Å². The van der Waals surface area contributed by atoms with Crippen LogP contribution in [0.4, 0.5) is 0 Å². The van der Waals surface area contributed by atoms with Crippen molar-refractivity contribution in [2.45, 2.75) is 19.4 Å². The Balaban J connectivity index is 3.97. The first-order chi connectivity index (χ1) is 5.79. The van der Waals surface area contributed by atoms with E-state index in [1.165, 1.54) is 0 Å². The van der Waals surface area contributed by atoms with Gasteiger partial charge < -0.3 is 10.2 Å². The number of aliphatic hydroxyl groups excluding tert-OH is 2. The van der Waals surface area contributed by atoms with Gasteiger partial charge in [-0.3, -0.25) is 4.90 Å². The smallest absolute Gasteiger partial charge is 0.0976 e. The molecule has 0 rings (SSSR count). The Hall–Kier alpha value is -0.630. The summed E-state index contributed by atoms with van der Waals surface area (Å²) in [6.07, 6.45) is 0.719. The van der Waals surface area contributed by atoms with Crippen molar-refractivity contribution in [3.05, 3.63) is 0 Å². The molecule has 0 bridgehead atoms. The maximum Gasteiger partial charge on any atom is 0.0976 e. The van der Waals surface area contributed by atoms with Gasteiger partial charge in [0.25, 0.3) is 0 Å². The van der Waals surface area contributed by atoms with Crippen LogP contribution < -0.4 is 0 Å². The second-order valence-corrected chi connectivity index (χ2v) is 2.54. The summed E-state index contributed by atoms with van der Waals surface area (Å²) < 4.78 is 0. The first kappa shape index (κ1) is 11.4. The molecule has 0 aromatic carbocycles. The van der Waals surface area contributed by atoms with Crippen LogP contribution >= 0.6 is 0 Å². The Kier molecular flexibility index (Phi) is 6.67. The van der Waals surface area contributed by atoms with Gasteiger partial charge in [-0.25, -0.2) is 0 Å². The van der Waals surface area contributed by atoms with E-state index in [1.54, 1.807) is 4.90 Å². The van der Waals surface area contributed by atoms with E-state index in [1.807, 2.05) is 6.92 Å². The summed E-state index contributed by atoms with van der Waals surface area (Å²) in [6, 6.07) is 1.93. The molecule has 0 radical (unpaired) electrons. The zero-order valence-corrected chi connectivity index (χ0v) is 7.40. The van der Waals surface area contributed by atoms with Gasteiger partial charge in [-0.2, -0.15) is 5.26 Å². The highest BCUT2D eigenvalue weighted by molar-refractivity contribution is 4.90. The third kappa shape index (κ3) is 3.67. The predicted octanol–water partition coefficient (Wildman–Crippen LogP) is -0.425. The molecule has 12 heavy (non-hydrogen) atoms. The van der Waals surface area contributed by atoms with Gasteiger partial charge in [-0.1, -0.05) is 6.92 Å². The van der Waals surface area contributed by atoms with E-state index in [0.29, 0.717) is 13.1 Å². The van der Waals surface area contributed by atoms with Crippen LogP contribution in [0, 0.1) is 11.3 Å². The topological polar surface area (TPSA) is 67.5 Å². The minimum absolute atomic E-state index is 0.0260. The van der Waals surface area contributed by atoms with E-state index in [0.717, 1.165) is 6.42 Å². The molecule has 0 aromatic rings. The van der Waals surface area contributed by atoms with Gasteiger partial charge in [0, 0.05) is 13.1 Å². The quantitative estimate of drug-likeness (QED) is 0.571. The first-order valence-corrected chi connectivity index (χ1v) is 4.15. The highest BCUT2D eigenvalue weighted by Crippen LogP contribution is 2.01. The summed E-state index contributed by atoms with van der Waals surface area (Å²) in [7, 11) is 0. The van der Waals surface area contributed by atoms with Crippen LogP contribution in [0.1, 0.15) is 13.3 Å². The van der Waals surface area contributed by atoms with Crippen LogP contribution in [-0.2, 0) is 0 Å². The van der Waals surface area contributed by atoms with Gasteiger partial charge in [0.1, 0.15) is 0 Å². The lowest BCUT2D eigenvalue weighted by Crippen LogP contribution is -2.38. The lowest BCUT2D eigenvalue weighted by molar-refractivity contribution is 0.139. The number of nitrogens with zero attached hydrogens (tertiary/aromatic N) is 2. The highest BCUT2D eigenvalue weighted by Gasteiger charge is 2.14. The Morgan fingerprint density at radius 2 is 1.83 bits per heavy atom. The summed E-state index contributed by atoms with van der Waals surface area (Å²) in [5, 5.41) is 26.0. The van der Waals surface area contributed by atoms with E-state index >= 15 is 0 Å². The molecule has 4 nitrogen and oxygen atoms in total. The first-order valence-electron chi connectivity index (χ1n) is 4.15. The fourth-order valence-corrected chi connectivity index (χ4v) is 1.11. The number of nitriles is 1. The van der Waals surface area contributed by atoms with Gasteiger partial charge in [0.2, 0.25) is 0 Å². The Bertz CT molecular complexity index is 138. The average molecular weight is 172 g/mol. The van der Waals surface area contributed by atoms with Crippen molar-refractivity contribution in [2.24, 2.45) is 0 Å². The molecule has 0 aromatic heterocycles. The Labute approximate surface area is 73.0 Å². The molecular formula is C8H16N2O2. The largest absolute Gasteiger partial charge is 0.395 e. The van der Waals surface area contributed by atoms with Gasteiger partial charge >= 0.3 is 0 Å². The molecule has 0 aliphatic rings. The van der Waals surface area contributed by atoms with E-state index in [-0.39, 0.29) is 19.3 Å². The Morgan fingerprint density at radius 1 is 1.33 bits per heavy atom. The summed E-state index contributed by atoms with van der Waals surface area (Å²) in [4.78, 5) is 1.78. The third-order valence-electron chi connectivity index (χ3n) is 1.75. The van der Waals surface area contributed by atoms with Crippen molar-refractivity contribution in [3.63, 3.8) is 0 Å². The van der Waals surface area contributed by atoms with E-state index in [2.05, 4.69) is 6.07 Å². The van der Waals surface area contributed by atoms with E-state index in [4.69, 9.17) is 15.5 Å². The highest BCUT2D eigenvalue weighted by atomic mass is 16.3. The molecule has 0 spiro atoms. The van der Waals surface area contributed by atoms with E-state index in [9.17, 15) is 0 Å². The summed E-state index contributed by atoms with van der Waals surface area (Å²) >= 11 is 0. The zero-order chi connectivity index (χ0) is 9.40. The average Bonchev–Trinajstić information content (AvgIpc) is 2.07. The lowest BCUT2D eigenvalue weighted by Gasteiger charge is -2.24. The van der Waals surface area contributed by atoms with Crippen molar-refractivity contribution in [1.29, 1.82) is 5.26 Å². The van der Waals surface area contributed by atoms with Crippen molar-refractivity contribution in [1.82, 2.24) is 4.90 Å². The van der Waals surface area contributed by atoms with Gasteiger partial charge in [-0.05, 0) is 6.42 Å². The predicted molar refractivity (Wildman–Crippen MR) is 45.4 cm³/mol. The molecule has 0 aliphatic carbocycles. The summed E-state index contributed by atoms with van der Waals surface area (Å²) in [5.74, 6) is 0. The number of aliphatic hydroxyl groups is 2. The number of rotatable bonds is 6. The maximum atomic E-state index is 8.69. The summed E-state index contributed by atoms with van der Waals surface area (Å²) in [5.41, 5.74) is 0. The molecule has 1 atom stereocenters. The SMILES string of the molecule is CCC(C#N)N(CCO)CCO. The summed E-state index contributed by atoms with van der Waals surface area (Å²) in [6.45, 7) is 2.87. The maximum absolute atomic E-state index is 8.69. The molecule has 0 saturated carbocycles. The van der Waals surface area contributed by atoms with Crippen molar-refractivity contribution < 1.29 is 10.2 Å². The normalized spacial score (nSPS) is 12.9. The fraction of sp³-hybridized carbons (Fsp3) is 0.875. The molecule has 0 amide bonds. The molecule has 0 heterocycles. The monoisotopic (exact) mass is 172 g/mol. The zero-order valence-electron chi connectivity index (χ0n) is 7.40. The van der Waals surface area contributed by atoms with Crippen LogP contribution in [-0.4, -0.2) is 47.5 Å². The van der Waals surface area contributed by atoms with Crippen LogP contribution in [0.3, 0.4) is 0 Å². The molecule has 0 saturated heterocycles. The molecule has 2 N–H and O–H groups in total. The molecule has 70 valence electrons. The van der Waals surface area contributed by atoms with Crippen LogP contribution in [0.5, 0.6) is 0 Å². The van der Waals surface area contributed by atoms with Gasteiger partial charge in [-0.15, -0.1) is 0 Å². The third-order valence-corrected chi connectivity index (χ3v) is 1.75. The minimum Gasteiger partial charge on any atom is -0.395 e. The van der Waals surface area contributed by atoms with Crippen LogP contribution in [0.2, 0.25) is 0 Å². The fourth-order valence-electron chi connectivity index (χ4n) is 1.11. The Morgan fingerprint density at radius 3 is 2.08 bits per heavy atom. The van der Waals surface area contributed by atoms with Gasteiger partial charge in [0.15, 0.2) is 0 Å². The lowest BCUT2D eigenvalue weighted by atomic mass is 10.2. The second kappa shape index (κ2) is 7.04. The number of hydrogen-bond acceptors (Lipinski definition) is 4. The molecule has 4 heteroatoms. The minimum atomic E-state index is -0.190. The second-order valence-electron chi connectivity index (χ2n) is 2.54. The van der Waals surface area contributed by atoms with E-state index < -0.39 is 0 Å². The molecular weight excluding hydrogens is 156 g/mol. The number of hydrogen-bond donors (Lipinski definition) is 2. The van der Waals surface area contributed by atoms with Crippen LogP contribution in [0.15, 0.2) is 0 Å². The van der Waals surface area contributed by atoms with Crippen molar-refractivity contribution in [3.8, 4) is 6.07 Å². The molecule has 0 aliphatic heterocycles. The standard InChI is InChI=1S/C8H16N2O2/c1-2-8(7-9)10(3-5-11)4-6-12/h8,11-12H,2-6H2,1H3. The van der Waals surface area contributed by atoms with Crippen molar-refractivity contribution in [2.75, 3.05) is 26.3 Å². The molecule has 1 unspecified atom stereocenters.